The van der Waals surface area contributed by atoms with Crippen molar-refractivity contribution in [2.45, 2.75) is 19.3 Å². The van der Waals surface area contributed by atoms with Crippen LogP contribution in [0.15, 0.2) is 89.4 Å². The summed E-state index contributed by atoms with van der Waals surface area (Å²) in [6, 6.07) is 20.8. The lowest BCUT2D eigenvalue weighted by Crippen LogP contribution is -2.27. The summed E-state index contributed by atoms with van der Waals surface area (Å²) in [7, 11) is 3.34. The number of nitrogens with one attached hydrogen (secondary N) is 1. The largest absolute Gasteiger partial charge is 0.506 e. The molecule has 39 heavy (non-hydrogen) atoms. The van der Waals surface area contributed by atoms with E-state index in [-0.39, 0.29) is 11.3 Å². The quantitative estimate of drug-likeness (QED) is 0.213. The Bertz CT molecular complexity index is 1750. The summed E-state index contributed by atoms with van der Waals surface area (Å²) in [5, 5.41) is 11.3. The Labute approximate surface area is 224 Å². The van der Waals surface area contributed by atoms with Gasteiger partial charge >= 0.3 is 0 Å². The van der Waals surface area contributed by atoms with E-state index in [4.69, 9.17) is 4.74 Å². The van der Waals surface area contributed by atoms with E-state index in [0.717, 1.165) is 11.3 Å². The number of H-pyrrole nitrogens is 1. The smallest absolute Gasteiger partial charge is 0.275 e. The number of aromatic amines is 1. The van der Waals surface area contributed by atoms with Gasteiger partial charge in [0.2, 0.25) is 11.6 Å². The van der Waals surface area contributed by atoms with Gasteiger partial charge in [-0.2, -0.15) is 0 Å². The molecule has 0 fully saturated rings. The molecule has 1 aromatic heterocycles. The number of carbonyl (C=O) groups is 2. The maximum Gasteiger partial charge on any atom is 0.275 e. The van der Waals surface area contributed by atoms with Gasteiger partial charge in [-0.15, -0.1) is 0 Å². The predicted molar refractivity (Wildman–Crippen MR) is 151 cm³/mol. The van der Waals surface area contributed by atoms with Crippen LogP contribution >= 0.6 is 0 Å². The second kappa shape index (κ2) is 9.72. The fraction of sp³-hybridized carbons (Fsp3) is 0.161. The van der Waals surface area contributed by atoms with Gasteiger partial charge in [-0.1, -0.05) is 44.2 Å². The summed E-state index contributed by atoms with van der Waals surface area (Å²) >= 11 is 0. The van der Waals surface area contributed by atoms with Crippen molar-refractivity contribution in [2.24, 2.45) is 0 Å². The summed E-state index contributed by atoms with van der Waals surface area (Å²) in [4.78, 5) is 49.4. The molecule has 0 bridgehead atoms. The number of likely N-dealkylation sites (N-methyl/N-ethyl adjacent to an activating group) is 1. The molecule has 2 heterocycles. The Morgan fingerprint density at radius 3 is 2.36 bits per heavy atom. The number of ketones is 2. The lowest BCUT2D eigenvalue weighted by atomic mass is 9.83. The van der Waals surface area contributed by atoms with Gasteiger partial charge in [0.15, 0.2) is 0 Å². The lowest BCUT2D eigenvalue weighted by molar-refractivity contribution is -0.130. The zero-order chi connectivity index (χ0) is 27.9. The molecule has 0 radical (unpaired) electrons. The average molecular weight is 522 g/mol. The number of nitrogens with zero attached hydrogens (tertiary/aromatic N) is 2. The number of aliphatic hydroxyl groups excluding tert-OH is 1. The Hall–Kier alpha value is -4.98. The molecule has 4 aromatic rings. The number of methoxy groups -OCH3 is 1. The van der Waals surface area contributed by atoms with Crippen LogP contribution in [-0.2, 0) is 15.0 Å². The Morgan fingerprint density at radius 2 is 1.67 bits per heavy atom. The number of Topliss-reactive ketones (excluding diaryl/α,β-unsaturated/α-hetero) is 1. The molecule has 0 amide bonds. The van der Waals surface area contributed by atoms with E-state index in [1.165, 1.54) is 25.3 Å². The van der Waals surface area contributed by atoms with Crippen molar-refractivity contribution in [3.05, 3.63) is 112 Å². The highest BCUT2D eigenvalue weighted by Crippen LogP contribution is 2.46. The standard InChI is InChI=1S/C31H27N3O5/c1-31(2)20-9-5-8-12-23(20)34(3)25(31)17-24(35)29(37)26(28(36)18-13-15-19(39-4)16-14-18)27-30(38)33-22-11-7-6-10-21(22)32-27/h5-17,36H,1-4H3,(H,33,38)/b25-17?,28-26+. The first-order valence-electron chi connectivity index (χ1n) is 12.3. The predicted octanol–water partition coefficient (Wildman–Crippen LogP) is 4.81. The van der Waals surface area contributed by atoms with Crippen LogP contribution in [0.2, 0.25) is 0 Å². The SMILES string of the molecule is COc1ccc(/C(O)=C(\C(=O)C(=O)C=C2N(C)c3ccccc3C2(C)C)c2nc3ccccc3[nH]c2=O)cc1. The lowest BCUT2D eigenvalue weighted by Gasteiger charge is -2.23. The summed E-state index contributed by atoms with van der Waals surface area (Å²) < 4.78 is 5.18. The first-order valence-corrected chi connectivity index (χ1v) is 12.3. The third kappa shape index (κ3) is 4.40. The number of fused-ring (bicyclic) bond motifs is 2. The van der Waals surface area contributed by atoms with E-state index in [0.29, 0.717) is 22.5 Å². The molecule has 0 unspecified atom stereocenters. The van der Waals surface area contributed by atoms with E-state index in [9.17, 15) is 19.5 Å². The molecule has 1 aliphatic heterocycles. The van der Waals surface area contributed by atoms with Crippen LogP contribution in [-0.4, -0.2) is 40.8 Å². The van der Waals surface area contributed by atoms with Crippen molar-refractivity contribution < 1.29 is 19.4 Å². The average Bonchev–Trinajstić information content (AvgIpc) is 3.13. The molecule has 3 aromatic carbocycles. The number of rotatable bonds is 6. The molecule has 0 atom stereocenters. The van der Waals surface area contributed by atoms with Crippen molar-refractivity contribution in [2.75, 3.05) is 19.1 Å². The zero-order valence-corrected chi connectivity index (χ0v) is 22.0. The second-order valence-electron chi connectivity index (χ2n) is 9.81. The number of anilines is 1. The molecule has 8 heteroatoms. The molecule has 0 saturated heterocycles. The first-order chi connectivity index (χ1) is 18.6. The molecule has 2 N–H and O–H groups in total. The fourth-order valence-corrected chi connectivity index (χ4v) is 4.99. The molecule has 0 saturated carbocycles. The van der Waals surface area contributed by atoms with Gasteiger partial charge in [0.05, 0.1) is 23.7 Å². The van der Waals surface area contributed by atoms with Crippen LogP contribution in [0.1, 0.15) is 30.7 Å². The maximum atomic E-state index is 13.8. The number of para-hydroxylation sites is 3. The van der Waals surface area contributed by atoms with Crippen LogP contribution in [0.5, 0.6) is 5.75 Å². The Kier molecular flexibility index (Phi) is 6.39. The number of aliphatic hydroxyl groups is 1. The normalized spacial score (nSPS) is 15.7. The molecule has 5 rings (SSSR count). The number of hydrogen-bond acceptors (Lipinski definition) is 7. The molecule has 0 spiro atoms. The minimum Gasteiger partial charge on any atom is -0.506 e. The molecule has 0 aliphatic carbocycles. The number of hydrogen-bond donors (Lipinski definition) is 2. The first kappa shape index (κ1) is 25.7. The molecular formula is C31H27N3O5. The number of ether oxygens (including phenoxy) is 1. The van der Waals surface area contributed by atoms with Gasteiger partial charge in [-0.05, 0) is 48.0 Å². The molecule has 8 nitrogen and oxygen atoms in total. The fourth-order valence-electron chi connectivity index (χ4n) is 4.99. The third-order valence-corrected chi connectivity index (χ3v) is 7.10. The summed E-state index contributed by atoms with van der Waals surface area (Å²) in [5.41, 5.74) is 1.56. The van der Waals surface area contributed by atoms with Crippen molar-refractivity contribution in [1.29, 1.82) is 0 Å². The summed E-state index contributed by atoms with van der Waals surface area (Å²) in [6.45, 7) is 3.94. The number of carbonyl (C=O) groups excluding carboxylic acids is 2. The zero-order valence-electron chi connectivity index (χ0n) is 22.0. The van der Waals surface area contributed by atoms with Crippen molar-refractivity contribution >= 4 is 39.6 Å². The van der Waals surface area contributed by atoms with Gasteiger partial charge in [-0.3, -0.25) is 14.4 Å². The van der Waals surface area contributed by atoms with Crippen LogP contribution in [0, 0.1) is 0 Å². The van der Waals surface area contributed by atoms with E-state index in [1.807, 2.05) is 50.1 Å². The van der Waals surface area contributed by atoms with Crippen LogP contribution < -0.4 is 15.2 Å². The molecule has 196 valence electrons. The van der Waals surface area contributed by atoms with E-state index in [1.54, 1.807) is 36.4 Å². The summed E-state index contributed by atoms with van der Waals surface area (Å²) in [5.74, 6) is -1.94. The number of benzene rings is 3. The molecular weight excluding hydrogens is 494 g/mol. The second-order valence-corrected chi connectivity index (χ2v) is 9.81. The van der Waals surface area contributed by atoms with E-state index < -0.39 is 33.9 Å². The van der Waals surface area contributed by atoms with Gasteiger partial charge in [0.1, 0.15) is 17.2 Å². The topological polar surface area (TPSA) is 113 Å². The number of allylic oxidation sites excluding steroid dienone is 3. The Balaban J connectivity index is 1.66. The Morgan fingerprint density at radius 1 is 1.00 bits per heavy atom. The highest BCUT2D eigenvalue weighted by atomic mass is 16.5. The van der Waals surface area contributed by atoms with Crippen LogP contribution in [0.4, 0.5) is 5.69 Å². The molecule has 1 aliphatic rings. The van der Waals surface area contributed by atoms with Gasteiger partial charge in [0.25, 0.3) is 5.56 Å². The van der Waals surface area contributed by atoms with Crippen molar-refractivity contribution in [3.8, 4) is 5.75 Å². The van der Waals surface area contributed by atoms with Crippen LogP contribution in [0.25, 0.3) is 22.4 Å². The van der Waals surface area contributed by atoms with E-state index in [2.05, 4.69) is 9.97 Å². The minimum absolute atomic E-state index is 0.222. The van der Waals surface area contributed by atoms with Gasteiger partial charge in [-0.25, -0.2) is 4.98 Å². The monoisotopic (exact) mass is 521 g/mol. The minimum atomic E-state index is -1.05. The third-order valence-electron chi connectivity index (χ3n) is 7.10. The van der Waals surface area contributed by atoms with Crippen molar-refractivity contribution in [3.63, 3.8) is 0 Å². The van der Waals surface area contributed by atoms with Gasteiger partial charge in [0, 0.05) is 35.5 Å². The highest BCUT2D eigenvalue weighted by Gasteiger charge is 2.39. The van der Waals surface area contributed by atoms with Crippen LogP contribution in [0.3, 0.4) is 0 Å². The summed E-state index contributed by atoms with van der Waals surface area (Å²) in [6.07, 6.45) is 1.28. The number of aromatic nitrogens is 2. The maximum absolute atomic E-state index is 13.8. The van der Waals surface area contributed by atoms with Crippen molar-refractivity contribution in [1.82, 2.24) is 9.97 Å². The highest BCUT2D eigenvalue weighted by molar-refractivity contribution is 6.58. The van der Waals surface area contributed by atoms with Gasteiger partial charge < -0.3 is 19.7 Å². The van der Waals surface area contributed by atoms with E-state index >= 15 is 0 Å².